The molecule has 0 aliphatic rings. The molecule has 0 unspecified atom stereocenters. The summed E-state index contributed by atoms with van der Waals surface area (Å²) in [7, 11) is 1.64. The van der Waals surface area contributed by atoms with Gasteiger partial charge in [0.25, 0.3) is 0 Å². The lowest BCUT2D eigenvalue weighted by Gasteiger charge is -2.10. The third-order valence-electron chi connectivity index (χ3n) is 5.12. The van der Waals surface area contributed by atoms with E-state index in [0.29, 0.717) is 11.7 Å². The second kappa shape index (κ2) is 8.14. The van der Waals surface area contributed by atoms with E-state index < -0.39 is 0 Å². The van der Waals surface area contributed by atoms with Gasteiger partial charge < -0.3 is 14.1 Å². The van der Waals surface area contributed by atoms with Crippen LogP contribution < -0.4 is 4.74 Å². The molecular weight excluding hydrogens is 380 g/mol. The van der Waals surface area contributed by atoms with Crippen molar-refractivity contribution in [2.75, 3.05) is 7.11 Å². The Balaban J connectivity index is 1.55. The molecule has 3 heterocycles. The van der Waals surface area contributed by atoms with Crippen molar-refractivity contribution in [3.05, 3.63) is 53.2 Å². The maximum Gasteiger partial charge on any atom is 0.192 e. The molecule has 3 aromatic heterocycles. The summed E-state index contributed by atoms with van der Waals surface area (Å²) in [5.41, 5.74) is 5.05. The van der Waals surface area contributed by atoms with Gasteiger partial charge >= 0.3 is 0 Å². The number of aromatic nitrogens is 5. The fraction of sp³-hybridized carbons (Fsp3) is 0.364. The molecule has 1 aromatic carbocycles. The zero-order chi connectivity index (χ0) is 21.3. The van der Waals surface area contributed by atoms with Crippen LogP contribution in [0.5, 0.6) is 5.75 Å². The van der Waals surface area contributed by atoms with Crippen molar-refractivity contribution >= 4 is 22.9 Å². The molecule has 30 heavy (non-hydrogen) atoms. The number of aryl methyl sites for hydroxylation is 1. The predicted octanol–water partition coefficient (Wildman–Crippen LogP) is 3.91. The van der Waals surface area contributed by atoms with Gasteiger partial charge in [-0.15, -0.1) is 5.10 Å². The molecule has 0 fully saturated rings. The first-order valence-corrected chi connectivity index (χ1v) is 9.97. The fourth-order valence-corrected chi connectivity index (χ4v) is 3.51. The molecule has 8 heteroatoms. The van der Waals surface area contributed by atoms with E-state index in [2.05, 4.69) is 52.5 Å². The standard InChI is InChI=1S/C22H26N6O2/c1-14(2)11-27-16(4)15(3)20-21(27)23-13-28-22(20)25-19(26-28)12-30-24-10-17-6-8-18(29-5)9-7-17/h6-10,13-14H,11-12H2,1-5H3/b24-10-. The van der Waals surface area contributed by atoms with Gasteiger partial charge in [0.15, 0.2) is 18.1 Å². The highest BCUT2D eigenvalue weighted by atomic mass is 16.6. The molecule has 0 aliphatic carbocycles. The second-order valence-electron chi connectivity index (χ2n) is 7.74. The summed E-state index contributed by atoms with van der Waals surface area (Å²) in [6.07, 6.45) is 3.36. The summed E-state index contributed by atoms with van der Waals surface area (Å²) in [6, 6.07) is 7.56. The average molecular weight is 406 g/mol. The molecule has 0 saturated heterocycles. The number of hydrogen-bond donors (Lipinski definition) is 0. The van der Waals surface area contributed by atoms with E-state index in [9.17, 15) is 0 Å². The molecule has 0 bridgehead atoms. The highest BCUT2D eigenvalue weighted by molar-refractivity contribution is 5.93. The Bertz CT molecular complexity index is 1200. The Kier molecular flexibility index (Phi) is 5.39. The van der Waals surface area contributed by atoms with E-state index in [1.54, 1.807) is 24.2 Å². The van der Waals surface area contributed by atoms with E-state index in [0.717, 1.165) is 34.5 Å². The van der Waals surface area contributed by atoms with Crippen molar-refractivity contribution < 1.29 is 9.57 Å². The minimum atomic E-state index is 0.181. The van der Waals surface area contributed by atoms with E-state index in [1.165, 1.54) is 11.3 Å². The van der Waals surface area contributed by atoms with Gasteiger partial charge in [0.05, 0.1) is 18.7 Å². The summed E-state index contributed by atoms with van der Waals surface area (Å²) in [5, 5.41) is 9.55. The smallest absolute Gasteiger partial charge is 0.192 e. The van der Waals surface area contributed by atoms with Gasteiger partial charge in [-0.05, 0) is 55.2 Å². The Labute approximate surface area is 175 Å². The first-order chi connectivity index (χ1) is 14.5. The summed E-state index contributed by atoms with van der Waals surface area (Å²) in [6.45, 7) is 9.75. The molecule has 0 spiro atoms. The van der Waals surface area contributed by atoms with Gasteiger partial charge in [-0.25, -0.2) is 14.5 Å². The van der Waals surface area contributed by atoms with Crippen LogP contribution in [0.2, 0.25) is 0 Å². The lowest BCUT2D eigenvalue weighted by Crippen LogP contribution is -2.07. The summed E-state index contributed by atoms with van der Waals surface area (Å²) < 4.78 is 9.12. The molecule has 4 rings (SSSR count). The number of rotatable bonds is 7. The second-order valence-corrected chi connectivity index (χ2v) is 7.74. The molecule has 0 amide bonds. The summed E-state index contributed by atoms with van der Waals surface area (Å²) >= 11 is 0. The lowest BCUT2D eigenvalue weighted by molar-refractivity contribution is 0.126. The van der Waals surface area contributed by atoms with Crippen LogP contribution in [0.1, 0.15) is 36.5 Å². The van der Waals surface area contributed by atoms with Gasteiger partial charge in [0.1, 0.15) is 17.7 Å². The third kappa shape index (κ3) is 3.72. The van der Waals surface area contributed by atoms with Crippen molar-refractivity contribution in [3.8, 4) is 5.75 Å². The maximum absolute atomic E-state index is 5.41. The summed E-state index contributed by atoms with van der Waals surface area (Å²) in [5.74, 6) is 1.89. The van der Waals surface area contributed by atoms with Crippen LogP contribution >= 0.6 is 0 Å². The molecule has 0 saturated carbocycles. The van der Waals surface area contributed by atoms with Gasteiger partial charge in [0.2, 0.25) is 0 Å². The minimum Gasteiger partial charge on any atom is -0.497 e. The largest absolute Gasteiger partial charge is 0.497 e. The monoisotopic (exact) mass is 406 g/mol. The zero-order valence-electron chi connectivity index (χ0n) is 18.0. The fourth-order valence-electron chi connectivity index (χ4n) is 3.51. The van der Waals surface area contributed by atoms with Crippen LogP contribution in [0.3, 0.4) is 0 Å². The van der Waals surface area contributed by atoms with Gasteiger partial charge in [-0.2, -0.15) is 0 Å². The molecule has 0 N–H and O–H groups in total. The number of hydrogen-bond acceptors (Lipinski definition) is 6. The van der Waals surface area contributed by atoms with Crippen molar-refractivity contribution in [1.82, 2.24) is 24.1 Å². The normalized spacial score (nSPS) is 11.9. The number of nitrogens with zero attached hydrogens (tertiary/aromatic N) is 6. The minimum absolute atomic E-state index is 0.181. The number of oxime groups is 1. The Hall–Kier alpha value is -3.42. The van der Waals surface area contributed by atoms with Crippen molar-refractivity contribution in [2.24, 2.45) is 11.1 Å². The van der Waals surface area contributed by atoms with Crippen LogP contribution in [-0.4, -0.2) is 37.5 Å². The van der Waals surface area contributed by atoms with Crippen molar-refractivity contribution in [3.63, 3.8) is 0 Å². The van der Waals surface area contributed by atoms with E-state index in [1.807, 2.05) is 24.3 Å². The topological polar surface area (TPSA) is 78.8 Å². The molecule has 4 aromatic rings. The first kappa shape index (κ1) is 19.9. The van der Waals surface area contributed by atoms with E-state index >= 15 is 0 Å². The first-order valence-electron chi connectivity index (χ1n) is 9.97. The van der Waals surface area contributed by atoms with E-state index in [4.69, 9.17) is 9.57 Å². The maximum atomic E-state index is 5.41. The Morgan fingerprint density at radius 2 is 1.90 bits per heavy atom. The van der Waals surface area contributed by atoms with Crippen molar-refractivity contribution in [1.29, 1.82) is 0 Å². The molecule has 0 atom stereocenters. The van der Waals surface area contributed by atoms with E-state index in [-0.39, 0.29) is 6.61 Å². The van der Waals surface area contributed by atoms with Crippen LogP contribution in [0.25, 0.3) is 16.7 Å². The van der Waals surface area contributed by atoms with Gasteiger partial charge in [-0.3, -0.25) is 0 Å². The molecular formula is C22H26N6O2. The molecule has 8 nitrogen and oxygen atoms in total. The molecule has 0 radical (unpaired) electrons. The van der Waals surface area contributed by atoms with Crippen LogP contribution in [0, 0.1) is 19.8 Å². The zero-order valence-corrected chi connectivity index (χ0v) is 18.0. The number of fused-ring (bicyclic) bond motifs is 3. The Morgan fingerprint density at radius 3 is 2.60 bits per heavy atom. The highest BCUT2D eigenvalue weighted by Gasteiger charge is 2.18. The van der Waals surface area contributed by atoms with Crippen LogP contribution in [-0.2, 0) is 18.0 Å². The average Bonchev–Trinajstić information content (AvgIpc) is 3.25. The predicted molar refractivity (Wildman–Crippen MR) is 116 cm³/mol. The molecule has 0 aliphatic heterocycles. The Morgan fingerprint density at radius 1 is 1.13 bits per heavy atom. The SMILES string of the molecule is COc1ccc(/C=N\OCc2nc3c4c(C)c(C)n(CC(C)C)c4ncn3n2)cc1. The third-order valence-corrected chi connectivity index (χ3v) is 5.12. The quantitative estimate of drug-likeness (QED) is 0.343. The number of ether oxygens (including phenoxy) is 1. The van der Waals surface area contributed by atoms with Crippen LogP contribution in [0.15, 0.2) is 35.7 Å². The number of benzene rings is 1. The molecule has 156 valence electrons. The summed E-state index contributed by atoms with van der Waals surface area (Å²) in [4.78, 5) is 14.7. The van der Waals surface area contributed by atoms with Crippen LogP contribution in [0.4, 0.5) is 0 Å². The van der Waals surface area contributed by atoms with Crippen molar-refractivity contribution in [2.45, 2.75) is 40.8 Å². The number of methoxy groups -OCH3 is 1. The van der Waals surface area contributed by atoms with Gasteiger partial charge in [-0.1, -0.05) is 19.0 Å². The lowest BCUT2D eigenvalue weighted by atomic mass is 10.2. The van der Waals surface area contributed by atoms with Gasteiger partial charge in [0, 0.05) is 12.2 Å². The highest BCUT2D eigenvalue weighted by Crippen LogP contribution is 2.27.